The third-order valence-electron chi connectivity index (χ3n) is 8.82. The molecule has 0 spiro atoms. The number of carbonyl (C=O) groups is 1. The number of piperazine rings is 1. The predicted molar refractivity (Wildman–Crippen MR) is 141 cm³/mol. The molecular weight excluding hydrogens is 484 g/mol. The predicted octanol–water partition coefficient (Wildman–Crippen LogP) is 1.79. The second-order valence-corrected chi connectivity index (χ2v) is 11.1. The smallest absolute Gasteiger partial charge is 0.317 e. The molecule has 11 nitrogen and oxygen atoms in total. The number of hydrazine groups is 1. The zero-order valence-electron chi connectivity index (χ0n) is 22.6. The van der Waals surface area contributed by atoms with E-state index < -0.39 is 0 Å². The normalized spacial score (nSPS) is 31.6. The Morgan fingerprint density at radius 1 is 1.11 bits per heavy atom. The SMILES string of the molecule is COC1CC2NNC(c3ccc(N4CCN5C(=O)NCC5C4)nc3)C2CC1O[C@H](C)c1c(C)cnnc1C. The largest absolute Gasteiger partial charge is 0.379 e. The molecule has 6 unspecified atom stereocenters. The molecule has 3 aliphatic heterocycles. The Morgan fingerprint density at radius 3 is 2.74 bits per heavy atom. The van der Waals surface area contributed by atoms with Crippen molar-refractivity contribution in [3.8, 4) is 0 Å². The van der Waals surface area contributed by atoms with Crippen molar-refractivity contribution in [3.63, 3.8) is 0 Å². The van der Waals surface area contributed by atoms with Crippen molar-refractivity contribution < 1.29 is 14.3 Å². The van der Waals surface area contributed by atoms with E-state index in [1.807, 2.05) is 18.0 Å². The highest BCUT2D eigenvalue weighted by molar-refractivity contribution is 5.77. The van der Waals surface area contributed by atoms with E-state index in [2.05, 4.69) is 57.2 Å². The van der Waals surface area contributed by atoms with Crippen molar-refractivity contribution in [1.82, 2.24) is 36.2 Å². The molecule has 5 heterocycles. The van der Waals surface area contributed by atoms with Gasteiger partial charge in [0.2, 0.25) is 0 Å². The summed E-state index contributed by atoms with van der Waals surface area (Å²) in [6.45, 7) is 9.18. The molecule has 1 aliphatic carbocycles. The molecule has 3 N–H and O–H groups in total. The van der Waals surface area contributed by atoms with E-state index in [0.717, 1.165) is 60.7 Å². The number of ether oxygens (including phenoxy) is 2. The maximum atomic E-state index is 11.9. The summed E-state index contributed by atoms with van der Waals surface area (Å²) in [5.74, 6) is 1.31. The number of urea groups is 1. The van der Waals surface area contributed by atoms with Crippen LogP contribution < -0.4 is 21.1 Å². The van der Waals surface area contributed by atoms with E-state index >= 15 is 0 Å². The van der Waals surface area contributed by atoms with Crippen LogP contribution in [0.15, 0.2) is 24.5 Å². The monoisotopic (exact) mass is 522 g/mol. The third kappa shape index (κ3) is 4.61. The third-order valence-corrected chi connectivity index (χ3v) is 8.82. The first-order valence-corrected chi connectivity index (χ1v) is 13.7. The van der Waals surface area contributed by atoms with Gasteiger partial charge in [-0.25, -0.2) is 15.2 Å². The van der Waals surface area contributed by atoms with E-state index in [1.54, 1.807) is 13.3 Å². The lowest BCUT2D eigenvalue weighted by Gasteiger charge is -2.39. The molecule has 7 atom stereocenters. The molecular formula is C27H38N8O3. The standard InChI is InChI=1S/C27H38N8O3/c1-15-11-30-31-16(2)25(15)17(3)38-23-9-20-21(10-22(23)37-4)32-33-26(20)18-5-6-24(28-12-18)34-7-8-35-19(14-34)13-29-27(35)36/h5-6,11-12,17,19-23,26,32-33H,7-10,13-14H2,1-4H3,(H,29,36)/t17-,19?,20?,21?,22?,23?,26?/m1/s1. The van der Waals surface area contributed by atoms with Crippen molar-refractivity contribution >= 4 is 11.8 Å². The molecule has 4 aliphatic rings. The number of aromatic nitrogens is 3. The fourth-order valence-corrected chi connectivity index (χ4v) is 6.86. The summed E-state index contributed by atoms with van der Waals surface area (Å²) in [6, 6.07) is 5.00. The summed E-state index contributed by atoms with van der Waals surface area (Å²) in [6.07, 6.45) is 5.43. The molecule has 2 aromatic rings. The molecule has 0 radical (unpaired) electrons. The number of anilines is 1. The molecule has 3 saturated heterocycles. The molecule has 2 aromatic heterocycles. The maximum absolute atomic E-state index is 11.9. The van der Waals surface area contributed by atoms with Gasteiger partial charge in [0.1, 0.15) is 5.82 Å². The van der Waals surface area contributed by atoms with Crippen molar-refractivity contribution in [2.45, 2.75) is 70.1 Å². The van der Waals surface area contributed by atoms with Crippen molar-refractivity contribution in [1.29, 1.82) is 0 Å². The summed E-state index contributed by atoms with van der Waals surface area (Å²) in [5.41, 5.74) is 11.3. The fourth-order valence-electron chi connectivity index (χ4n) is 6.86. The number of hydrogen-bond donors (Lipinski definition) is 3. The number of hydrogen-bond acceptors (Lipinski definition) is 9. The second kappa shape index (κ2) is 10.4. The van der Waals surface area contributed by atoms with Crippen LogP contribution in [-0.4, -0.2) is 83.7 Å². The van der Waals surface area contributed by atoms with Gasteiger partial charge >= 0.3 is 6.03 Å². The van der Waals surface area contributed by atoms with Gasteiger partial charge < -0.3 is 24.6 Å². The fraction of sp³-hybridized carbons (Fsp3) is 0.630. The highest BCUT2D eigenvalue weighted by atomic mass is 16.5. The van der Waals surface area contributed by atoms with Gasteiger partial charge in [-0.3, -0.25) is 5.43 Å². The maximum Gasteiger partial charge on any atom is 0.317 e. The van der Waals surface area contributed by atoms with Crippen LogP contribution >= 0.6 is 0 Å². The zero-order valence-corrected chi connectivity index (χ0v) is 22.6. The molecule has 2 amide bonds. The summed E-state index contributed by atoms with van der Waals surface area (Å²) in [7, 11) is 1.77. The van der Waals surface area contributed by atoms with Crippen LogP contribution in [0, 0.1) is 19.8 Å². The van der Waals surface area contributed by atoms with Gasteiger partial charge in [0.15, 0.2) is 0 Å². The molecule has 0 aromatic carbocycles. The minimum absolute atomic E-state index is 0.0123. The van der Waals surface area contributed by atoms with E-state index in [0.29, 0.717) is 18.5 Å². The summed E-state index contributed by atoms with van der Waals surface area (Å²) in [5, 5.41) is 11.3. The Hall–Kier alpha value is -2.86. The Kier molecular flexibility index (Phi) is 6.93. The van der Waals surface area contributed by atoms with Gasteiger partial charge in [-0.05, 0) is 56.7 Å². The highest BCUT2D eigenvalue weighted by Crippen LogP contribution is 2.41. The number of carbonyl (C=O) groups excluding carboxylic acids is 1. The Labute approximate surface area is 223 Å². The van der Waals surface area contributed by atoms with Crippen LogP contribution in [0.5, 0.6) is 0 Å². The number of fused-ring (bicyclic) bond motifs is 2. The molecule has 11 heteroatoms. The van der Waals surface area contributed by atoms with E-state index in [-0.39, 0.29) is 36.4 Å². The van der Waals surface area contributed by atoms with Gasteiger partial charge in [-0.1, -0.05) is 6.07 Å². The minimum Gasteiger partial charge on any atom is -0.379 e. The van der Waals surface area contributed by atoms with Gasteiger partial charge in [-0.2, -0.15) is 10.2 Å². The molecule has 1 saturated carbocycles. The number of aryl methyl sites for hydroxylation is 2. The van der Waals surface area contributed by atoms with Crippen LogP contribution in [0.2, 0.25) is 0 Å². The summed E-state index contributed by atoms with van der Waals surface area (Å²) < 4.78 is 12.6. The number of pyridine rings is 1. The van der Waals surface area contributed by atoms with Crippen molar-refractivity contribution in [2.24, 2.45) is 5.92 Å². The Morgan fingerprint density at radius 2 is 1.97 bits per heavy atom. The lowest BCUT2D eigenvalue weighted by Crippen LogP contribution is -2.52. The van der Waals surface area contributed by atoms with E-state index in [1.165, 1.54) is 0 Å². The first-order valence-electron chi connectivity index (χ1n) is 13.7. The number of methoxy groups -OCH3 is 1. The van der Waals surface area contributed by atoms with E-state index in [9.17, 15) is 4.79 Å². The lowest BCUT2D eigenvalue weighted by atomic mass is 9.77. The quantitative estimate of drug-likeness (QED) is 0.522. The molecule has 6 rings (SSSR count). The average molecular weight is 523 g/mol. The first kappa shape index (κ1) is 25.4. The zero-order chi connectivity index (χ0) is 26.4. The molecule has 4 fully saturated rings. The van der Waals surface area contributed by atoms with Gasteiger partial charge in [0.05, 0.1) is 42.3 Å². The van der Waals surface area contributed by atoms with Crippen LogP contribution in [0.3, 0.4) is 0 Å². The van der Waals surface area contributed by atoms with Crippen LogP contribution in [-0.2, 0) is 9.47 Å². The minimum atomic E-state index is -0.0998. The summed E-state index contributed by atoms with van der Waals surface area (Å²) in [4.78, 5) is 21.0. The first-order chi connectivity index (χ1) is 18.4. The van der Waals surface area contributed by atoms with Crippen molar-refractivity contribution in [2.75, 3.05) is 38.2 Å². The summed E-state index contributed by atoms with van der Waals surface area (Å²) >= 11 is 0. The number of nitrogens with one attached hydrogen (secondary N) is 3. The lowest BCUT2D eigenvalue weighted by molar-refractivity contribution is -0.117. The second-order valence-electron chi connectivity index (χ2n) is 11.1. The number of nitrogens with zero attached hydrogens (tertiary/aromatic N) is 5. The number of amides is 2. The molecule has 38 heavy (non-hydrogen) atoms. The van der Waals surface area contributed by atoms with Crippen LogP contribution in [0.4, 0.5) is 10.6 Å². The number of rotatable bonds is 6. The Balaban J connectivity index is 1.14. The van der Waals surface area contributed by atoms with E-state index in [4.69, 9.17) is 14.5 Å². The van der Waals surface area contributed by atoms with Crippen LogP contribution in [0.25, 0.3) is 0 Å². The molecule has 0 bridgehead atoms. The average Bonchev–Trinajstić information content (AvgIpc) is 3.50. The van der Waals surface area contributed by atoms with Crippen LogP contribution in [0.1, 0.15) is 54.3 Å². The topological polar surface area (TPSA) is 117 Å². The van der Waals surface area contributed by atoms with Gasteiger partial charge in [0, 0.05) is 51.1 Å². The Bertz CT molecular complexity index is 1140. The van der Waals surface area contributed by atoms with Gasteiger partial charge in [0.25, 0.3) is 0 Å². The molecule has 204 valence electrons. The highest BCUT2D eigenvalue weighted by Gasteiger charge is 2.46. The van der Waals surface area contributed by atoms with Crippen molar-refractivity contribution in [3.05, 3.63) is 46.9 Å². The van der Waals surface area contributed by atoms with Gasteiger partial charge in [-0.15, -0.1) is 0 Å².